The van der Waals surface area contributed by atoms with Crippen LogP contribution < -0.4 is 14.2 Å². The van der Waals surface area contributed by atoms with Crippen molar-refractivity contribution in [1.82, 2.24) is 0 Å². The molecule has 4 aromatic rings. The monoisotopic (exact) mass is 596 g/mol. The molecule has 0 bridgehead atoms. The van der Waals surface area contributed by atoms with Crippen molar-refractivity contribution in [2.75, 3.05) is 21.3 Å². The minimum absolute atomic E-state index is 0.0873. The molecule has 0 aliphatic carbocycles. The third kappa shape index (κ3) is 13.8. The molecular formula is C31H33BrO7. The first-order valence-corrected chi connectivity index (χ1v) is 12.8. The number of aldehydes is 2. The topological polar surface area (TPSA) is 102 Å². The van der Waals surface area contributed by atoms with E-state index in [1.807, 2.05) is 48.5 Å². The summed E-state index contributed by atoms with van der Waals surface area (Å²) in [5, 5.41) is 18.3. The molecule has 0 heterocycles. The van der Waals surface area contributed by atoms with Crippen molar-refractivity contribution >= 4 is 28.5 Å². The lowest BCUT2D eigenvalue weighted by Crippen LogP contribution is -1.84. The molecule has 0 fully saturated rings. The summed E-state index contributed by atoms with van der Waals surface area (Å²) in [6.07, 6.45) is 1.54. The first kappa shape index (κ1) is 32.9. The van der Waals surface area contributed by atoms with Gasteiger partial charge in [0.1, 0.15) is 35.6 Å². The molecule has 0 aliphatic rings. The van der Waals surface area contributed by atoms with Gasteiger partial charge in [-0.1, -0.05) is 40.2 Å². The number of rotatable bonds is 7. The van der Waals surface area contributed by atoms with Crippen LogP contribution in [0.3, 0.4) is 0 Å². The standard InChI is InChI=1S/C8H9BrO.C8H10O2.C8H8O2.C7H6O2/c3*1-10-8-4-2-7(6-9)3-5-8;8-5-6-1-3-7(9)4-2-6/h2-5H,6H2,1H3;2-5,9H,6H2,1H3;2-6H,1H3;1-5,9H. The zero-order chi connectivity index (χ0) is 28.9. The average Bonchev–Trinajstić information content (AvgIpc) is 3.02. The predicted octanol–water partition coefficient (Wildman–Crippen LogP) is 6.49. The van der Waals surface area contributed by atoms with E-state index in [2.05, 4.69) is 15.9 Å². The summed E-state index contributed by atoms with van der Waals surface area (Å²) < 4.78 is 14.8. The lowest BCUT2D eigenvalue weighted by Gasteiger charge is -1.98. The van der Waals surface area contributed by atoms with Gasteiger partial charge in [-0.15, -0.1) is 0 Å². The van der Waals surface area contributed by atoms with Gasteiger partial charge in [-0.3, -0.25) is 9.59 Å². The maximum Gasteiger partial charge on any atom is 0.150 e. The maximum absolute atomic E-state index is 10.2. The van der Waals surface area contributed by atoms with E-state index in [-0.39, 0.29) is 12.4 Å². The Morgan fingerprint density at radius 1 is 0.590 bits per heavy atom. The number of aliphatic hydroxyl groups excluding tert-OH is 1. The van der Waals surface area contributed by atoms with Crippen LogP contribution in [0.25, 0.3) is 0 Å². The number of ether oxygens (including phenoxy) is 3. The van der Waals surface area contributed by atoms with Crippen molar-refractivity contribution in [3.8, 4) is 23.0 Å². The molecule has 0 saturated carbocycles. The Balaban J connectivity index is 0.000000260. The van der Waals surface area contributed by atoms with E-state index >= 15 is 0 Å². The van der Waals surface area contributed by atoms with Crippen LogP contribution in [0, 0.1) is 0 Å². The smallest absolute Gasteiger partial charge is 0.150 e. The molecular weight excluding hydrogens is 564 g/mol. The number of alkyl halides is 1. The van der Waals surface area contributed by atoms with Crippen LogP contribution in [0.4, 0.5) is 0 Å². The van der Waals surface area contributed by atoms with E-state index in [1.165, 1.54) is 17.7 Å². The Labute approximate surface area is 237 Å². The first-order valence-electron chi connectivity index (χ1n) is 11.7. The van der Waals surface area contributed by atoms with Gasteiger partial charge < -0.3 is 24.4 Å². The number of benzene rings is 4. The molecule has 0 amide bonds. The lowest BCUT2D eigenvalue weighted by atomic mass is 10.2. The van der Waals surface area contributed by atoms with Crippen LogP contribution in [0.2, 0.25) is 0 Å². The van der Waals surface area contributed by atoms with E-state index in [4.69, 9.17) is 24.4 Å². The third-order valence-corrected chi connectivity index (χ3v) is 5.58. The van der Waals surface area contributed by atoms with E-state index < -0.39 is 0 Å². The molecule has 0 spiro atoms. The predicted molar refractivity (Wildman–Crippen MR) is 156 cm³/mol. The van der Waals surface area contributed by atoms with Crippen molar-refractivity contribution in [2.24, 2.45) is 0 Å². The van der Waals surface area contributed by atoms with E-state index in [0.717, 1.165) is 40.7 Å². The summed E-state index contributed by atoms with van der Waals surface area (Å²) in [6, 6.07) is 28.3. The van der Waals surface area contributed by atoms with Crippen molar-refractivity contribution in [3.63, 3.8) is 0 Å². The maximum atomic E-state index is 10.2. The van der Waals surface area contributed by atoms with Crippen LogP contribution >= 0.6 is 15.9 Å². The number of phenolic OH excluding ortho intramolecular Hbond substituents is 1. The second kappa shape index (κ2) is 19.9. The van der Waals surface area contributed by atoms with Gasteiger partial charge in [-0.25, -0.2) is 0 Å². The molecule has 0 aliphatic heterocycles. The Kier molecular flexibility index (Phi) is 16.8. The van der Waals surface area contributed by atoms with Crippen molar-refractivity contribution in [3.05, 3.63) is 119 Å². The zero-order valence-electron chi connectivity index (χ0n) is 22.1. The molecule has 0 unspecified atom stereocenters. The normalized spacial score (nSPS) is 9.15. The highest BCUT2D eigenvalue weighted by atomic mass is 79.9. The minimum atomic E-state index is 0.0873. The highest BCUT2D eigenvalue weighted by molar-refractivity contribution is 9.08. The number of methoxy groups -OCH3 is 3. The van der Waals surface area contributed by atoms with Gasteiger partial charge in [0.05, 0.1) is 27.9 Å². The Morgan fingerprint density at radius 2 is 0.923 bits per heavy atom. The van der Waals surface area contributed by atoms with Crippen molar-refractivity contribution in [1.29, 1.82) is 0 Å². The van der Waals surface area contributed by atoms with Crippen LogP contribution in [0.1, 0.15) is 31.8 Å². The van der Waals surface area contributed by atoms with E-state index in [1.54, 1.807) is 57.7 Å². The van der Waals surface area contributed by atoms with Gasteiger partial charge in [0.15, 0.2) is 0 Å². The fourth-order valence-corrected chi connectivity index (χ4v) is 3.05. The molecule has 4 rings (SSSR count). The molecule has 39 heavy (non-hydrogen) atoms. The largest absolute Gasteiger partial charge is 0.508 e. The number of hydrogen-bond donors (Lipinski definition) is 2. The molecule has 0 aromatic heterocycles. The van der Waals surface area contributed by atoms with Gasteiger partial charge in [0.2, 0.25) is 0 Å². The number of aliphatic hydroxyl groups is 1. The van der Waals surface area contributed by atoms with Gasteiger partial charge in [0, 0.05) is 16.5 Å². The van der Waals surface area contributed by atoms with Gasteiger partial charge in [-0.2, -0.15) is 0 Å². The number of carbonyl (C=O) groups excluding carboxylic acids is 2. The summed E-state index contributed by atoms with van der Waals surface area (Å²) >= 11 is 3.36. The van der Waals surface area contributed by atoms with Crippen molar-refractivity contribution in [2.45, 2.75) is 11.9 Å². The third-order valence-electron chi connectivity index (χ3n) is 4.94. The van der Waals surface area contributed by atoms with Crippen LogP contribution in [-0.4, -0.2) is 44.1 Å². The Bertz CT molecular complexity index is 1100. The van der Waals surface area contributed by atoms with E-state index in [0.29, 0.717) is 11.1 Å². The quantitative estimate of drug-likeness (QED) is 0.186. The highest BCUT2D eigenvalue weighted by Crippen LogP contribution is 2.13. The average molecular weight is 598 g/mol. The molecule has 206 valence electrons. The second-order valence-electron chi connectivity index (χ2n) is 7.59. The van der Waals surface area contributed by atoms with Gasteiger partial charge >= 0.3 is 0 Å². The van der Waals surface area contributed by atoms with Crippen LogP contribution in [-0.2, 0) is 11.9 Å². The molecule has 0 atom stereocenters. The number of phenols is 1. The molecule has 2 N–H and O–H groups in total. The van der Waals surface area contributed by atoms with Crippen LogP contribution in [0.15, 0.2) is 97.1 Å². The van der Waals surface area contributed by atoms with Gasteiger partial charge in [0.25, 0.3) is 0 Å². The Morgan fingerprint density at radius 3 is 1.23 bits per heavy atom. The summed E-state index contributed by atoms with van der Waals surface area (Å²) in [5.74, 6) is 2.67. The Hall–Kier alpha value is -4.14. The SMILES string of the molecule is COc1ccc(C=O)cc1.COc1ccc(CBr)cc1.COc1ccc(CO)cc1.O=Cc1ccc(O)cc1. The lowest BCUT2D eigenvalue weighted by molar-refractivity contribution is 0.111. The minimum Gasteiger partial charge on any atom is -0.508 e. The van der Waals surface area contributed by atoms with Gasteiger partial charge in [-0.05, 0) is 83.9 Å². The number of hydrogen-bond acceptors (Lipinski definition) is 7. The summed E-state index contributed by atoms with van der Waals surface area (Å²) in [5.41, 5.74) is 3.41. The molecule has 4 aromatic carbocycles. The first-order chi connectivity index (χ1) is 18.9. The summed E-state index contributed by atoms with van der Waals surface area (Å²) in [6.45, 7) is 0.0873. The molecule has 0 radical (unpaired) electrons. The molecule has 8 heteroatoms. The van der Waals surface area contributed by atoms with Crippen LogP contribution in [0.5, 0.6) is 23.0 Å². The number of aromatic hydroxyl groups is 1. The highest BCUT2D eigenvalue weighted by Gasteiger charge is 1.91. The number of carbonyl (C=O) groups is 2. The summed E-state index contributed by atoms with van der Waals surface area (Å²) in [7, 11) is 4.88. The molecule has 0 saturated heterocycles. The second-order valence-corrected chi connectivity index (χ2v) is 8.15. The number of halogens is 1. The van der Waals surface area contributed by atoms with E-state index in [9.17, 15) is 9.59 Å². The zero-order valence-corrected chi connectivity index (χ0v) is 23.7. The fraction of sp³-hybridized carbons (Fsp3) is 0.161. The summed E-state index contributed by atoms with van der Waals surface area (Å²) in [4.78, 5) is 20.2. The fourth-order valence-electron chi connectivity index (χ4n) is 2.68. The van der Waals surface area contributed by atoms with Crippen molar-refractivity contribution < 1.29 is 34.0 Å². The molecule has 7 nitrogen and oxygen atoms in total.